The van der Waals surface area contributed by atoms with Crippen molar-refractivity contribution in [2.75, 3.05) is 12.4 Å². The molecule has 0 fully saturated rings. The van der Waals surface area contributed by atoms with Crippen LogP contribution < -0.4 is 10.1 Å². The summed E-state index contributed by atoms with van der Waals surface area (Å²) in [6.07, 6.45) is 1.52. The van der Waals surface area contributed by atoms with E-state index in [2.05, 4.69) is 15.3 Å². The summed E-state index contributed by atoms with van der Waals surface area (Å²) in [5.74, 6) is 1.01. The standard InChI is InChI=1S/C19H16ClN3O2/c1-12-15(19(24)23-17-6-4-3-5-16(17)20)11-21-18(22-12)13-7-9-14(25-2)10-8-13/h3-11H,1-2H3,(H,23,24). The number of rotatable bonds is 4. The summed E-state index contributed by atoms with van der Waals surface area (Å²) in [5.41, 5.74) is 2.39. The van der Waals surface area contributed by atoms with Gasteiger partial charge in [0.05, 0.1) is 29.1 Å². The Bertz CT molecular complexity index is 911. The zero-order valence-electron chi connectivity index (χ0n) is 13.8. The Morgan fingerprint density at radius 2 is 1.84 bits per heavy atom. The molecule has 126 valence electrons. The van der Waals surface area contributed by atoms with E-state index in [0.717, 1.165) is 11.3 Å². The molecule has 0 aliphatic rings. The zero-order valence-corrected chi connectivity index (χ0v) is 14.5. The Morgan fingerprint density at radius 1 is 1.12 bits per heavy atom. The molecule has 0 aliphatic carbocycles. The number of carbonyl (C=O) groups is 1. The first-order valence-electron chi connectivity index (χ1n) is 7.62. The first-order chi connectivity index (χ1) is 12.1. The number of amides is 1. The molecular formula is C19H16ClN3O2. The van der Waals surface area contributed by atoms with E-state index in [9.17, 15) is 4.79 Å². The molecule has 0 radical (unpaired) electrons. The van der Waals surface area contributed by atoms with E-state index in [1.807, 2.05) is 24.3 Å². The highest BCUT2D eigenvalue weighted by molar-refractivity contribution is 6.33. The molecule has 0 saturated carbocycles. The molecule has 0 aliphatic heterocycles. The van der Waals surface area contributed by atoms with Gasteiger partial charge in [-0.2, -0.15) is 0 Å². The number of carbonyl (C=O) groups excluding carboxylic acids is 1. The van der Waals surface area contributed by atoms with Crippen LogP contribution in [0, 0.1) is 6.92 Å². The minimum atomic E-state index is -0.299. The lowest BCUT2D eigenvalue weighted by Gasteiger charge is -2.09. The van der Waals surface area contributed by atoms with Gasteiger partial charge < -0.3 is 10.1 Å². The summed E-state index contributed by atoms with van der Waals surface area (Å²) < 4.78 is 5.14. The molecule has 0 unspecified atom stereocenters. The van der Waals surface area contributed by atoms with Crippen molar-refractivity contribution >= 4 is 23.2 Å². The molecule has 1 N–H and O–H groups in total. The van der Waals surface area contributed by atoms with Crippen molar-refractivity contribution in [3.8, 4) is 17.1 Å². The fourth-order valence-corrected chi connectivity index (χ4v) is 2.50. The van der Waals surface area contributed by atoms with Crippen LogP contribution in [-0.4, -0.2) is 23.0 Å². The molecule has 1 heterocycles. The number of aromatic nitrogens is 2. The van der Waals surface area contributed by atoms with Crippen LogP contribution in [0.3, 0.4) is 0 Å². The van der Waals surface area contributed by atoms with Gasteiger partial charge in [0, 0.05) is 11.8 Å². The number of para-hydroxylation sites is 1. The Balaban J connectivity index is 1.84. The van der Waals surface area contributed by atoms with Crippen LogP contribution in [0.25, 0.3) is 11.4 Å². The average molecular weight is 354 g/mol. The SMILES string of the molecule is COc1ccc(-c2ncc(C(=O)Nc3ccccc3Cl)c(C)n2)cc1. The van der Waals surface area contributed by atoms with Gasteiger partial charge in [0.15, 0.2) is 5.82 Å². The van der Waals surface area contributed by atoms with E-state index in [4.69, 9.17) is 16.3 Å². The molecule has 0 bridgehead atoms. The smallest absolute Gasteiger partial charge is 0.259 e. The lowest BCUT2D eigenvalue weighted by Crippen LogP contribution is -2.15. The van der Waals surface area contributed by atoms with Gasteiger partial charge >= 0.3 is 0 Å². The number of benzene rings is 2. The number of nitrogens with one attached hydrogen (secondary N) is 1. The van der Waals surface area contributed by atoms with Gasteiger partial charge in [0.1, 0.15) is 5.75 Å². The quantitative estimate of drug-likeness (QED) is 0.756. The Labute approximate surface area is 150 Å². The molecule has 6 heteroatoms. The van der Waals surface area contributed by atoms with E-state index in [1.165, 1.54) is 6.20 Å². The van der Waals surface area contributed by atoms with Gasteiger partial charge in [-0.05, 0) is 43.3 Å². The molecule has 3 rings (SSSR count). The molecule has 0 saturated heterocycles. The number of hydrogen-bond donors (Lipinski definition) is 1. The second-order valence-electron chi connectivity index (χ2n) is 5.36. The van der Waals surface area contributed by atoms with E-state index in [1.54, 1.807) is 38.3 Å². The Morgan fingerprint density at radius 3 is 2.48 bits per heavy atom. The fraction of sp³-hybridized carbons (Fsp3) is 0.105. The van der Waals surface area contributed by atoms with Crippen molar-refractivity contribution < 1.29 is 9.53 Å². The number of aryl methyl sites for hydroxylation is 1. The maximum Gasteiger partial charge on any atom is 0.259 e. The van der Waals surface area contributed by atoms with Gasteiger partial charge in [-0.15, -0.1) is 0 Å². The van der Waals surface area contributed by atoms with Crippen molar-refractivity contribution in [2.45, 2.75) is 6.92 Å². The van der Waals surface area contributed by atoms with Crippen LogP contribution in [0.4, 0.5) is 5.69 Å². The van der Waals surface area contributed by atoms with Crippen molar-refractivity contribution in [3.63, 3.8) is 0 Å². The van der Waals surface area contributed by atoms with Gasteiger partial charge in [-0.1, -0.05) is 23.7 Å². The molecule has 25 heavy (non-hydrogen) atoms. The lowest BCUT2D eigenvalue weighted by atomic mass is 10.1. The van der Waals surface area contributed by atoms with Gasteiger partial charge in [-0.3, -0.25) is 4.79 Å². The second-order valence-corrected chi connectivity index (χ2v) is 5.76. The summed E-state index contributed by atoms with van der Waals surface area (Å²) >= 11 is 6.07. The van der Waals surface area contributed by atoms with Crippen molar-refractivity contribution in [1.82, 2.24) is 9.97 Å². The highest BCUT2D eigenvalue weighted by atomic mass is 35.5. The first-order valence-corrected chi connectivity index (χ1v) is 8.00. The van der Waals surface area contributed by atoms with E-state index in [0.29, 0.717) is 27.8 Å². The molecule has 1 amide bonds. The Hall–Kier alpha value is -2.92. The molecule has 1 aromatic heterocycles. The van der Waals surface area contributed by atoms with E-state index < -0.39 is 0 Å². The predicted octanol–water partition coefficient (Wildman–Crippen LogP) is 4.37. The molecule has 0 atom stereocenters. The zero-order chi connectivity index (χ0) is 17.8. The second kappa shape index (κ2) is 7.32. The van der Waals surface area contributed by atoms with Crippen LogP contribution in [0.1, 0.15) is 16.1 Å². The van der Waals surface area contributed by atoms with Gasteiger partial charge in [0.25, 0.3) is 5.91 Å². The van der Waals surface area contributed by atoms with Crippen LogP contribution in [0.2, 0.25) is 5.02 Å². The topological polar surface area (TPSA) is 64.1 Å². The third kappa shape index (κ3) is 3.78. The molecule has 2 aromatic carbocycles. The van der Waals surface area contributed by atoms with Crippen LogP contribution in [0.5, 0.6) is 5.75 Å². The van der Waals surface area contributed by atoms with Crippen molar-refractivity contribution in [2.24, 2.45) is 0 Å². The predicted molar refractivity (Wildman–Crippen MR) is 98.2 cm³/mol. The van der Waals surface area contributed by atoms with Gasteiger partial charge in [0.2, 0.25) is 0 Å². The number of ether oxygens (including phenoxy) is 1. The minimum absolute atomic E-state index is 0.299. The third-order valence-corrected chi connectivity index (χ3v) is 4.02. The normalized spacial score (nSPS) is 10.4. The highest BCUT2D eigenvalue weighted by Gasteiger charge is 2.14. The van der Waals surface area contributed by atoms with Crippen LogP contribution in [-0.2, 0) is 0 Å². The Kier molecular flexibility index (Phi) is 4.95. The van der Waals surface area contributed by atoms with Crippen LogP contribution >= 0.6 is 11.6 Å². The summed E-state index contributed by atoms with van der Waals surface area (Å²) in [6.45, 7) is 1.77. The number of nitrogens with zero attached hydrogens (tertiary/aromatic N) is 2. The van der Waals surface area contributed by atoms with Gasteiger partial charge in [-0.25, -0.2) is 9.97 Å². The molecular weight excluding hydrogens is 338 g/mol. The summed E-state index contributed by atoms with van der Waals surface area (Å²) in [4.78, 5) is 21.2. The monoisotopic (exact) mass is 353 g/mol. The van der Waals surface area contributed by atoms with E-state index in [-0.39, 0.29) is 5.91 Å². The van der Waals surface area contributed by atoms with E-state index >= 15 is 0 Å². The van der Waals surface area contributed by atoms with Crippen molar-refractivity contribution in [3.05, 3.63) is 71.0 Å². The molecule has 5 nitrogen and oxygen atoms in total. The van der Waals surface area contributed by atoms with Crippen LogP contribution in [0.15, 0.2) is 54.7 Å². The number of halogens is 1. The summed E-state index contributed by atoms with van der Waals surface area (Å²) in [6, 6.07) is 14.5. The molecule has 0 spiro atoms. The minimum Gasteiger partial charge on any atom is -0.497 e. The molecule has 3 aromatic rings. The fourth-order valence-electron chi connectivity index (χ4n) is 2.32. The van der Waals surface area contributed by atoms with Crippen molar-refractivity contribution in [1.29, 1.82) is 0 Å². The lowest BCUT2D eigenvalue weighted by molar-refractivity contribution is 0.102. The average Bonchev–Trinajstić information content (AvgIpc) is 2.63. The number of anilines is 1. The summed E-state index contributed by atoms with van der Waals surface area (Å²) in [5, 5.41) is 3.25. The number of methoxy groups -OCH3 is 1. The maximum absolute atomic E-state index is 12.5. The highest BCUT2D eigenvalue weighted by Crippen LogP contribution is 2.23. The summed E-state index contributed by atoms with van der Waals surface area (Å²) in [7, 11) is 1.61. The maximum atomic E-state index is 12.5. The number of hydrogen-bond acceptors (Lipinski definition) is 4. The third-order valence-electron chi connectivity index (χ3n) is 3.69. The first kappa shape index (κ1) is 16.9. The largest absolute Gasteiger partial charge is 0.497 e.